The van der Waals surface area contributed by atoms with Gasteiger partial charge >= 0.3 is 0 Å². The lowest BCUT2D eigenvalue weighted by Gasteiger charge is -2.16. The molecular formula is C13H23N3O2. The van der Waals surface area contributed by atoms with Crippen molar-refractivity contribution in [1.82, 2.24) is 9.97 Å². The minimum atomic E-state index is -0.126. The van der Waals surface area contributed by atoms with Crippen LogP contribution in [0.5, 0.6) is 0 Å². The summed E-state index contributed by atoms with van der Waals surface area (Å²) in [6.45, 7) is 5.03. The van der Waals surface area contributed by atoms with Crippen LogP contribution in [-0.4, -0.2) is 28.2 Å². The Kier molecular flexibility index (Phi) is 6.43. The first-order chi connectivity index (χ1) is 8.69. The molecular weight excluding hydrogens is 230 g/mol. The summed E-state index contributed by atoms with van der Waals surface area (Å²) >= 11 is 0. The number of aliphatic hydroxyl groups is 1. The zero-order valence-corrected chi connectivity index (χ0v) is 11.2. The molecule has 0 spiro atoms. The highest BCUT2D eigenvalue weighted by molar-refractivity contribution is 5.32. The van der Waals surface area contributed by atoms with Gasteiger partial charge in [-0.3, -0.25) is 4.79 Å². The Morgan fingerprint density at radius 3 is 2.83 bits per heavy atom. The van der Waals surface area contributed by atoms with Crippen LogP contribution in [0.4, 0.5) is 5.82 Å². The van der Waals surface area contributed by atoms with E-state index in [0.717, 1.165) is 25.8 Å². The fourth-order valence-electron chi connectivity index (χ4n) is 1.95. The van der Waals surface area contributed by atoms with Gasteiger partial charge in [-0.2, -0.15) is 0 Å². The molecule has 18 heavy (non-hydrogen) atoms. The molecule has 1 unspecified atom stereocenters. The summed E-state index contributed by atoms with van der Waals surface area (Å²) in [4.78, 5) is 18.4. The average molecular weight is 253 g/mol. The molecule has 0 saturated heterocycles. The standard InChI is InChI=1S/C13H23N3O2/c1-3-5-10(6-7-17)9-14-12-8-13(18)16-11(4-2)15-12/h8,10,17H,3-7,9H2,1-2H3,(H2,14,15,16,18). The van der Waals surface area contributed by atoms with Crippen LogP contribution in [-0.2, 0) is 6.42 Å². The first-order valence-corrected chi connectivity index (χ1v) is 6.64. The molecule has 5 nitrogen and oxygen atoms in total. The van der Waals surface area contributed by atoms with Crippen LogP contribution in [0, 0.1) is 5.92 Å². The molecule has 0 aliphatic carbocycles. The number of hydrogen-bond acceptors (Lipinski definition) is 4. The van der Waals surface area contributed by atoms with Gasteiger partial charge in [0.05, 0.1) is 0 Å². The van der Waals surface area contributed by atoms with Gasteiger partial charge in [-0.05, 0) is 18.8 Å². The summed E-state index contributed by atoms with van der Waals surface area (Å²) in [5, 5.41) is 12.2. The predicted octanol–water partition coefficient (Wildman–Crippen LogP) is 1.54. The Balaban J connectivity index is 2.60. The second-order valence-electron chi connectivity index (χ2n) is 4.48. The Morgan fingerprint density at radius 2 is 2.22 bits per heavy atom. The van der Waals surface area contributed by atoms with E-state index in [2.05, 4.69) is 22.2 Å². The third-order valence-electron chi connectivity index (χ3n) is 2.93. The normalized spacial score (nSPS) is 12.4. The SMILES string of the molecule is CCCC(CCO)CNc1cc(=O)[nH]c(CC)n1. The highest BCUT2D eigenvalue weighted by Gasteiger charge is 2.08. The molecule has 1 atom stereocenters. The van der Waals surface area contributed by atoms with Crippen LogP contribution < -0.4 is 10.9 Å². The van der Waals surface area contributed by atoms with Crippen molar-refractivity contribution >= 4 is 5.82 Å². The second-order valence-corrected chi connectivity index (χ2v) is 4.48. The van der Waals surface area contributed by atoms with Crippen LogP contribution in [0.2, 0.25) is 0 Å². The summed E-state index contributed by atoms with van der Waals surface area (Å²) in [5.41, 5.74) is -0.126. The Bertz CT molecular complexity index is 397. The van der Waals surface area contributed by atoms with Crippen LogP contribution >= 0.6 is 0 Å². The fourth-order valence-corrected chi connectivity index (χ4v) is 1.95. The number of aromatic amines is 1. The molecule has 0 amide bonds. The number of aryl methyl sites for hydroxylation is 1. The highest BCUT2D eigenvalue weighted by atomic mass is 16.3. The first-order valence-electron chi connectivity index (χ1n) is 6.64. The van der Waals surface area contributed by atoms with Crippen molar-refractivity contribution in [2.75, 3.05) is 18.5 Å². The van der Waals surface area contributed by atoms with E-state index < -0.39 is 0 Å². The monoisotopic (exact) mass is 253 g/mol. The van der Waals surface area contributed by atoms with E-state index in [0.29, 0.717) is 24.0 Å². The van der Waals surface area contributed by atoms with E-state index in [4.69, 9.17) is 5.11 Å². The van der Waals surface area contributed by atoms with Crippen LogP contribution in [0.15, 0.2) is 10.9 Å². The van der Waals surface area contributed by atoms with Gasteiger partial charge in [0.15, 0.2) is 0 Å². The molecule has 1 aromatic heterocycles. The smallest absolute Gasteiger partial charge is 0.252 e. The molecule has 1 aromatic rings. The van der Waals surface area contributed by atoms with E-state index in [1.807, 2.05) is 6.92 Å². The van der Waals surface area contributed by atoms with E-state index in [9.17, 15) is 4.79 Å². The quantitative estimate of drug-likeness (QED) is 0.656. The zero-order chi connectivity index (χ0) is 13.4. The van der Waals surface area contributed by atoms with E-state index in [-0.39, 0.29) is 12.2 Å². The zero-order valence-electron chi connectivity index (χ0n) is 11.2. The molecule has 3 N–H and O–H groups in total. The van der Waals surface area contributed by atoms with Crippen molar-refractivity contribution in [3.8, 4) is 0 Å². The van der Waals surface area contributed by atoms with Crippen LogP contribution in [0.25, 0.3) is 0 Å². The van der Waals surface area contributed by atoms with Crippen molar-refractivity contribution in [2.24, 2.45) is 5.92 Å². The molecule has 0 aromatic carbocycles. The van der Waals surface area contributed by atoms with E-state index in [1.165, 1.54) is 6.07 Å². The van der Waals surface area contributed by atoms with Crippen molar-refractivity contribution in [3.05, 3.63) is 22.2 Å². The number of aromatic nitrogens is 2. The molecule has 0 aliphatic heterocycles. The number of hydrogen-bond donors (Lipinski definition) is 3. The Labute approximate surface area is 108 Å². The number of aliphatic hydroxyl groups excluding tert-OH is 1. The Hall–Kier alpha value is -1.36. The van der Waals surface area contributed by atoms with Crippen LogP contribution in [0.3, 0.4) is 0 Å². The summed E-state index contributed by atoms with van der Waals surface area (Å²) in [7, 11) is 0. The van der Waals surface area contributed by atoms with Gasteiger partial charge in [0.25, 0.3) is 5.56 Å². The van der Waals surface area contributed by atoms with Gasteiger partial charge in [0.1, 0.15) is 11.6 Å². The average Bonchev–Trinajstić information content (AvgIpc) is 2.36. The van der Waals surface area contributed by atoms with E-state index >= 15 is 0 Å². The minimum Gasteiger partial charge on any atom is -0.396 e. The van der Waals surface area contributed by atoms with Crippen LogP contribution in [0.1, 0.15) is 38.9 Å². The largest absolute Gasteiger partial charge is 0.396 e. The van der Waals surface area contributed by atoms with E-state index in [1.54, 1.807) is 0 Å². The third kappa shape index (κ3) is 4.87. The van der Waals surface area contributed by atoms with Gasteiger partial charge in [0, 0.05) is 25.6 Å². The highest BCUT2D eigenvalue weighted by Crippen LogP contribution is 2.11. The topological polar surface area (TPSA) is 78.0 Å². The molecule has 0 aliphatic rings. The molecule has 0 radical (unpaired) electrons. The minimum absolute atomic E-state index is 0.126. The molecule has 0 saturated carbocycles. The summed E-state index contributed by atoms with van der Waals surface area (Å²) in [6.07, 6.45) is 3.65. The Morgan fingerprint density at radius 1 is 1.44 bits per heavy atom. The van der Waals surface area contributed by atoms with Gasteiger partial charge in [-0.25, -0.2) is 4.98 Å². The fraction of sp³-hybridized carbons (Fsp3) is 0.692. The molecule has 102 valence electrons. The molecule has 5 heteroatoms. The van der Waals surface area contributed by atoms with Gasteiger partial charge in [-0.1, -0.05) is 20.3 Å². The number of anilines is 1. The predicted molar refractivity (Wildman–Crippen MR) is 72.8 cm³/mol. The number of nitrogens with one attached hydrogen (secondary N) is 2. The number of nitrogens with zero attached hydrogens (tertiary/aromatic N) is 1. The molecule has 1 heterocycles. The lowest BCUT2D eigenvalue weighted by Crippen LogP contribution is -2.19. The molecule has 0 fully saturated rings. The molecule has 0 bridgehead atoms. The number of rotatable bonds is 8. The van der Waals surface area contributed by atoms with Gasteiger partial charge < -0.3 is 15.4 Å². The van der Waals surface area contributed by atoms with Gasteiger partial charge in [0.2, 0.25) is 0 Å². The van der Waals surface area contributed by atoms with Gasteiger partial charge in [-0.15, -0.1) is 0 Å². The van der Waals surface area contributed by atoms with Crippen molar-refractivity contribution < 1.29 is 5.11 Å². The van der Waals surface area contributed by atoms with Crippen molar-refractivity contribution in [1.29, 1.82) is 0 Å². The first kappa shape index (κ1) is 14.7. The lowest BCUT2D eigenvalue weighted by molar-refractivity contribution is 0.255. The van der Waals surface area contributed by atoms with Crippen molar-refractivity contribution in [2.45, 2.75) is 39.5 Å². The summed E-state index contributed by atoms with van der Waals surface area (Å²) in [5.74, 6) is 1.74. The van der Waals surface area contributed by atoms with Crippen molar-refractivity contribution in [3.63, 3.8) is 0 Å². The lowest BCUT2D eigenvalue weighted by atomic mass is 10.0. The number of H-pyrrole nitrogens is 1. The maximum absolute atomic E-state index is 11.4. The summed E-state index contributed by atoms with van der Waals surface area (Å²) < 4.78 is 0. The molecule has 1 rings (SSSR count). The summed E-state index contributed by atoms with van der Waals surface area (Å²) in [6, 6.07) is 1.47. The maximum atomic E-state index is 11.4. The third-order valence-corrected chi connectivity index (χ3v) is 2.93. The maximum Gasteiger partial charge on any atom is 0.252 e. The second kappa shape index (κ2) is 7.87.